The van der Waals surface area contributed by atoms with Crippen LogP contribution in [0.4, 0.5) is 0 Å². The van der Waals surface area contributed by atoms with E-state index < -0.39 is 0 Å². The molecule has 1 nitrogen and oxygen atoms in total. The summed E-state index contributed by atoms with van der Waals surface area (Å²) in [5, 5.41) is 9.45. The number of rotatable bonds is 1. The van der Waals surface area contributed by atoms with Crippen molar-refractivity contribution in [2.24, 2.45) is 0 Å². The van der Waals surface area contributed by atoms with E-state index in [1.54, 1.807) is 6.08 Å². The van der Waals surface area contributed by atoms with E-state index in [1.807, 2.05) is 19.1 Å². The molecule has 0 radical (unpaired) electrons. The minimum Gasteiger partial charge on any atom is -0.507 e. The maximum absolute atomic E-state index is 9.45. The smallest absolute Gasteiger partial charge is 0.125 e. The molecule has 1 aromatic rings. The van der Waals surface area contributed by atoms with Gasteiger partial charge in [-0.25, -0.2) is 0 Å². The topological polar surface area (TPSA) is 20.2 Å². The molecule has 0 saturated heterocycles. The van der Waals surface area contributed by atoms with Gasteiger partial charge in [0, 0.05) is 9.13 Å². The van der Waals surface area contributed by atoms with Crippen LogP contribution in [0.1, 0.15) is 11.1 Å². The van der Waals surface area contributed by atoms with E-state index in [1.165, 1.54) is 0 Å². The highest BCUT2D eigenvalue weighted by Crippen LogP contribution is 2.25. The Morgan fingerprint density at radius 2 is 2.18 bits per heavy atom. The third-order valence-corrected chi connectivity index (χ3v) is 2.14. The molecule has 0 heterocycles. The highest BCUT2D eigenvalue weighted by molar-refractivity contribution is 14.1. The van der Waals surface area contributed by atoms with Gasteiger partial charge in [-0.05, 0) is 47.2 Å². The molecule has 0 atom stereocenters. The molecule has 0 aromatic heterocycles. The third-order valence-electron chi connectivity index (χ3n) is 1.51. The van der Waals surface area contributed by atoms with E-state index in [-0.39, 0.29) is 0 Å². The van der Waals surface area contributed by atoms with Gasteiger partial charge < -0.3 is 5.11 Å². The van der Waals surface area contributed by atoms with Gasteiger partial charge in [-0.2, -0.15) is 0 Å². The van der Waals surface area contributed by atoms with Crippen LogP contribution >= 0.6 is 22.6 Å². The lowest BCUT2D eigenvalue weighted by atomic mass is 10.1. The van der Waals surface area contributed by atoms with Gasteiger partial charge in [0.15, 0.2) is 0 Å². The van der Waals surface area contributed by atoms with Crippen molar-refractivity contribution in [3.63, 3.8) is 0 Å². The van der Waals surface area contributed by atoms with Gasteiger partial charge in [0.25, 0.3) is 0 Å². The predicted molar refractivity (Wildman–Crippen MR) is 55.7 cm³/mol. The van der Waals surface area contributed by atoms with E-state index in [2.05, 4.69) is 29.2 Å². The average molecular weight is 260 g/mol. The standard InChI is InChI=1S/C9H9IO/c1-3-7-5-8(10)4-6(2)9(7)11/h3-5,11H,1H2,2H3. The van der Waals surface area contributed by atoms with Gasteiger partial charge in [-0.1, -0.05) is 12.7 Å². The van der Waals surface area contributed by atoms with Crippen molar-refractivity contribution in [1.29, 1.82) is 0 Å². The van der Waals surface area contributed by atoms with E-state index >= 15 is 0 Å². The molecule has 11 heavy (non-hydrogen) atoms. The first kappa shape index (κ1) is 8.59. The molecular formula is C9H9IO. The molecule has 0 aliphatic carbocycles. The minimum atomic E-state index is 0.334. The van der Waals surface area contributed by atoms with Crippen molar-refractivity contribution in [1.82, 2.24) is 0 Å². The summed E-state index contributed by atoms with van der Waals surface area (Å²) in [6.45, 7) is 5.49. The number of halogens is 1. The molecule has 0 aliphatic heterocycles. The predicted octanol–water partition coefficient (Wildman–Crippen LogP) is 2.95. The minimum absolute atomic E-state index is 0.334. The molecule has 0 unspecified atom stereocenters. The summed E-state index contributed by atoms with van der Waals surface area (Å²) < 4.78 is 1.12. The maximum atomic E-state index is 9.45. The van der Waals surface area contributed by atoms with E-state index in [0.29, 0.717) is 5.75 Å². The second kappa shape index (κ2) is 3.26. The molecule has 0 amide bonds. The molecule has 1 N–H and O–H groups in total. The van der Waals surface area contributed by atoms with Crippen LogP contribution in [0.15, 0.2) is 18.7 Å². The summed E-state index contributed by atoms with van der Waals surface area (Å²) in [4.78, 5) is 0. The molecule has 0 saturated carbocycles. The molecule has 2 heteroatoms. The van der Waals surface area contributed by atoms with Gasteiger partial charge in [-0.15, -0.1) is 0 Å². The summed E-state index contributed by atoms with van der Waals surface area (Å²) in [7, 11) is 0. The van der Waals surface area contributed by atoms with Crippen LogP contribution in [0.3, 0.4) is 0 Å². The molecule has 1 rings (SSSR count). The van der Waals surface area contributed by atoms with Gasteiger partial charge in [0.05, 0.1) is 0 Å². The fraction of sp³-hybridized carbons (Fsp3) is 0.111. The summed E-state index contributed by atoms with van der Waals surface area (Å²) in [6.07, 6.45) is 1.66. The van der Waals surface area contributed by atoms with E-state index in [4.69, 9.17) is 0 Å². The highest BCUT2D eigenvalue weighted by atomic mass is 127. The SMILES string of the molecule is C=Cc1cc(I)cc(C)c1O. The second-order valence-corrected chi connectivity index (χ2v) is 3.61. The number of aryl methyl sites for hydroxylation is 1. The van der Waals surface area contributed by atoms with Crippen molar-refractivity contribution in [2.75, 3.05) is 0 Å². The molecule has 0 fully saturated rings. The van der Waals surface area contributed by atoms with Crippen molar-refractivity contribution >= 4 is 28.7 Å². The third kappa shape index (κ3) is 1.74. The largest absolute Gasteiger partial charge is 0.507 e. The van der Waals surface area contributed by atoms with Crippen LogP contribution in [0.5, 0.6) is 5.75 Å². The van der Waals surface area contributed by atoms with Crippen molar-refractivity contribution in [3.8, 4) is 5.75 Å². The first-order valence-corrected chi connectivity index (χ1v) is 4.34. The molecule has 58 valence electrons. The van der Waals surface area contributed by atoms with Crippen LogP contribution in [-0.2, 0) is 0 Å². The number of phenolic OH excluding ortho intramolecular Hbond substituents is 1. The average Bonchev–Trinajstić information content (AvgIpc) is 1.96. The molecule has 1 aromatic carbocycles. The molecule has 0 spiro atoms. The monoisotopic (exact) mass is 260 g/mol. The Kier molecular flexibility index (Phi) is 2.54. The summed E-state index contributed by atoms with van der Waals surface area (Å²) >= 11 is 2.21. The van der Waals surface area contributed by atoms with Gasteiger partial charge in [-0.3, -0.25) is 0 Å². The normalized spacial score (nSPS) is 9.64. The zero-order valence-corrected chi connectivity index (χ0v) is 8.42. The number of aromatic hydroxyl groups is 1. The fourth-order valence-corrected chi connectivity index (χ4v) is 1.72. The number of benzene rings is 1. The van der Waals surface area contributed by atoms with Crippen LogP contribution in [0, 0.1) is 10.5 Å². The summed E-state index contributed by atoms with van der Waals surface area (Å²) in [6, 6.07) is 3.83. The Morgan fingerprint density at radius 3 is 2.73 bits per heavy atom. The number of hydrogen-bond acceptors (Lipinski definition) is 1. The second-order valence-electron chi connectivity index (χ2n) is 2.36. The highest BCUT2D eigenvalue weighted by Gasteiger charge is 2.01. The first-order chi connectivity index (χ1) is 5.15. The van der Waals surface area contributed by atoms with Crippen molar-refractivity contribution < 1.29 is 5.11 Å². The first-order valence-electron chi connectivity index (χ1n) is 3.26. The fourth-order valence-electron chi connectivity index (χ4n) is 0.917. The Morgan fingerprint density at radius 1 is 1.55 bits per heavy atom. The Hall–Kier alpha value is -0.510. The Labute approximate surface area is 79.9 Å². The zero-order chi connectivity index (χ0) is 8.43. The molecule has 0 aliphatic rings. The lowest BCUT2D eigenvalue weighted by Gasteiger charge is -2.03. The van der Waals surface area contributed by atoms with Crippen LogP contribution in [-0.4, -0.2) is 5.11 Å². The lowest BCUT2D eigenvalue weighted by Crippen LogP contribution is -1.81. The molecular weight excluding hydrogens is 251 g/mol. The quantitative estimate of drug-likeness (QED) is 0.769. The summed E-state index contributed by atoms with van der Waals surface area (Å²) in [5.74, 6) is 0.334. The lowest BCUT2D eigenvalue weighted by molar-refractivity contribution is 0.469. The number of hydrogen-bond donors (Lipinski definition) is 1. The summed E-state index contributed by atoms with van der Waals surface area (Å²) in [5.41, 5.74) is 1.70. The van der Waals surface area contributed by atoms with Crippen LogP contribution in [0.2, 0.25) is 0 Å². The van der Waals surface area contributed by atoms with Gasteiger partial charge in [0.1, 0.15) is 5.75 Å². The Bertz CT molecular complexity index is 292. The van der Waals surface area contributed by atoms with E-state index in [9.17, 15) is 5.11 Å². The maximum Gasteiger partial charge on any atom is 0.125 e. The van der Waals surface area contributed by atoms with Crippen LogP contribution in [0.25, 0.3) is 6.08 Å². The van der Waals surface area contributed by atoms with E-state index in [0.717, 1.165) is 14.7 Å². The van der Waals surface area contributed by atoms with Gasteiger partial charge in [0.2, 0.25) is 0 Å². The molecule has 0 bridgehead atoms. The van der Waals surface area contributed by atoms with Gasteiger partial charge >= 0.3 is 0 Å². The zero-order valence-electron chi connectivity index (χ0n) is 6.26. The number of phenols is 1. The van der Waals surface area contributed by atoms with Crippen molar-refractivity contribution in [2.45, 2.75) is 6.92 Å². The van der Waals surface area contributed by atoms with Crippen molar-refractivity contribution in [3.05, 3.63) is 33.4 Å². The Balaban J connectivity index is 3.35. The van der Waals surface area contributed by atoms with Crippen LogP contribution < -0.4 is 0 Å².